The molecule has 1 fully saturated rings. The summed E-state index contributed by atoms with van der Waals surface area (Å²) in [6.07, 6.45) is 0.446. The molecule has 1 aliphatic rings. The molecule has 3 rings (SSSR count). The molecule has 1 aliphatic heterocycles. The molecule has 0 bridgehead atoms. The lowest BCUT2D eigenvalue weighted by Crippen LogP contribution is -2.51. The number of rotatable bonds is 7. The largest absolute Gasteiger partial charge is 0.494 e. The zero-order chi connectivity index (χ0) is 21.7. The van der Waals surface area contributed by atoms with Crippen molar-refractivity contribution >= 4 is 15.9 Å². The van der Waals surface area contributed by atoms with E-state index in [9.17, 15) is 17.6 Å². The van der Waals surface area contributed by atoms with Gasteiger partial charge in [0.1, 0.15) is 11.6 Å². The van der Waals surface area contributed by atoms with Crippen LogP contribution in [0, 0.1) is 11.7 Å². The van der Waals surface area contributed by atoms with Gasteiger partial charge in [-0.3, -0.25) is 4.79 Å². The van der Waals surface area contributed by atoms with Gasteiger partial charge in [0.05, 0.1) is 11.5 Å². The van der Waals surface area contributed by atoms with Crippen LogP contribution >= 0.6 is 0 Å². The van der Waals surface area contributed by atoms with Crippen LogP contribution in [0.25, 0.3) is 0 Å². The Labute approximate surface area is 177 Å². The van der Waals surface area contributed by atoms with E-state index >= 15 is 0 Å². The van der Waals surface area contributed by atoms with Crippen LogP contribution in [0.3, 0.4) is 0 Å². The van der Waals surface area contributed by atoms with Crippen LogP contribution in [0.5, 0.6) is 5.75 Å². The van der Waals surface area contributed by atoms with Crippen molar-refractivity contribution in [3.05, 3.63) is 59.9 Å². The second kappa shape index (κ2) is 9.57. The van der Waals surface area contributed by atoms with Gasteiger partial charge in [0.25, 0.3) is 0 Å². The Bertz CT molecular complexity index is 971. The lowest BCUT2D eigenvalue weighted by Gasteiger charge is -2.35. The summed E-state index contributed by atoms with van der Waals surface area (Å²) >= 11 is 0. The predicted molar refractivity (Wildman–Crippen MR) is 112 cm³/mol. The average molecular weight is 435 g/mol. The Kier molecular flexibility index (Phi) is 7.10. The molecule has 30 heavy (non-hydrogen) atoms. The highest BCUT2D eigenvalue weighted by atomic mass is 32.2. The first-order valence-corrected chi connectivity index (χ1v) is 11.5. The molecule has 2 aromatic carbocycles. The van der Waals surface area contributed by atoms with E-state index in [0.29, 0.717) is 31.9 Å². The fourth-order valence-corrected chi connectivity index (χ4v) is 5.01. The molecular formula is C22H27FN2O4S. The van der Waals surface area contributed by atoms with E-state index in [1.54, 1.807) is 41.3 Å². The smallest absolute Gasteiger partial charge is 0.243 e. The Morgan fingerprint density at radius 3 is 2.37 bits per heavy atom. The van der Waals surface area contributed by atoms with Crippen molar-refractivity contribution in [2.24, 2.45) is 5.92 Å². The summed E-state index contributed by atoms with van der Waals surface area (Å²) in [6.45, 7) is 5.35. The van der Waals surface area contributed by atoms with Crippen LogP contribution in [0.2, 0.25) is 0 Å². The first kappa shape index (κ1) is 22.2. The van der Waals surface area contributed by atoms with Gasteiger partial charge in [-0.2, -0.15) is 4.31 Å². The Morgan fingerprint density at radius 1 is 1.10 bits per heavy atom. The molecule has 0 saturated carbocycles. The van der Waals surface area contributed by atoms with Gasteiger partial charge in [-0.05, 0) is 55.3 Å². The maximum absolute atomic E-state index is 13.4. The molecule has 0 spiro atoms. The van der Waals surface area contributed by atoms with Crippen molar-refractivity contribution in [2.75, 3.05) is 32.8 Å². The summed E-state index contributed by atoms with van der Waals surface area (Å²) in [4.78, 5) is 14.7. The minimum atomic E-state index is -3.62. The summed E-state index contributed by atoms with van der Waals surface area (Å²) in [5, 5.41) is 0. The van der Waals surface area contributed by atoms with Crippen LogP contribution in [0.15, 0.2) is 53.4 Å². The minimum absolute atomic E-state index is 0.0441. The van der Waals surface area contributed by atoms with Crippen molar-refractivity contribution in [1.29, 1.82) is 0 Å². The van der Waals surface area contributed by atoms with Gasteiger partial charge >= 0.3 is 0 Å². The number of benzene rings is 2. The molecule has 8 heteroatoms. The molecular weight excluding hydrogens is 407 g/mol. The SMILES string of the molecule is CCOc1ccc(S(=O)(=O)N2CCN(C(=O)C(C)Cc3cccc(F)c3)CC2)cc1. The van der Waals surface area contributed by atoms with Crippen molar-refractivity contribution in [3.8, 4) is 5.75 Å². The quantitative estimate of drug-likeness (QED) is 0.672. The van der Waals surface area contributed by atoms with Crippen molar-refractivity contribution < 1.29 is 22.3 Å². The van der Waals surface area contributed by atoms with E-state index in [2.05, 4.69) is 0 Å². The Balaban J connectivity index is 1.58. The summed E-state index contributed by atoms with van der Waals surface area (Å²) in [5.74, 6) is -0.0437. The molecule has 1 amide bonds. The Hall–Kier alpha value is -2.45. The molecule has 1 atom stereocenters. The molecule has 0 radical (unpaired) electrons. The van der Waals surface area contributed by atoms with Crippen molar-refractivity contribution in [2.45, 2.75) is 25.2 Å². The van der Waals surface area contributed by atoms with Crippen LogP contribution < -0.4 is 4.74 Å². The summed E-state index contributed by atoms with van der Waals surface area (Å²) in [5.41, 5.74) is 0.771. The van der Waals surface area contributed by atoms with Crippen LogP contribution in [-0.2, 0) is 21.2 Å². The normalized spacial score (nSPS) is 16.3. The molecule has 162 valence electrons. The fraction of sp³-hybridized carbons (Fsp3) is 0.409. The summed E-state index contributed by atoms with van der Waals surface area (Å²) in [6, 6.07) is 12.6. The van der Waals surface area contributed by atoms with Gasteiger partial charge in [-0.15, -0.1) is 0 Å². The minimum Gasteiger partial charge on any atom is -0.494 e. The van der Waals surface area contributed by atoms with Gasteiger partial charge < -0.3 is 9.64 Å². The lowest BCUT2D eigenvalue weighted by atomic mass is 9.99. The van der Waals surface area contributed by atoms with Gasteiger partial charge in [-0.25, -0.2) is 12.8 Å². The van der Waals surface area contributed by atoms with Crippen molar-refractivity contribution in [1.82, 2.24) is 9.21 Å². The molecule has 1 saturated heterocycles. The van der Waals surface area contributed by atoms with Gasteiger partial charge in [0.15, 0.2) is 0 Å². The van der Waals surface area contributed by atoms with E-state index in [4.69, 9.17) is 4.74 Å². The molecule has 6 nitrogen and oxygen atoms in total. The Morgan fingerprint density at radius 2 is 1.77 bits per heavy atom. The number of halogens is 1. The topological polar surface area (TPSA) is 66.9 Å². The van der Waals surface area contributed by atoms with Crippen molar-refractivity contribution in [3.63, 3.8) is 0 Å². The molecule has 1 unspecified atom stereocenters. The van der Waals surface area contributed by atoms with Crippen LogP contribution in [0.1, 0.15) is 19.4 Å². The second-order valence-corrected chi connectivity index (χ2v) is 9.31. The molecule has 1 heterocycles. The van der Waals surface area contributed by atoms with E-state index in [-0.39, 0.29) is 35.6 Å². The molecule has 0 aromatic heterocycles. The number of sulfonamides is 1. The number of piperazine rings is 1. The van der Waals surface area contributed by atoms with Crippen LogP contribution in [0.4, 0.5) is 4.39 Å². The highest BCUT2D eigenvalue weighted by molar-refractivity contribution is 7.89. The zero-order valence-electron chi connectivity index (χ0n) is 17.3. The predicted octanol–water partition coefficient (Wildman–Crippen LogP) is 2.94. The summed E-state index contributed by atoms with van der Waals surface area (Å²) < 4.78 is 45.9. The first-order valence-electron chi connectivity index (χ1n) is 10.1. The number of carbonyl (C=O) groups excluding carboxylic acids is 1. The molecule has 2 aromatic rings. The number of hydrogen-bond acceptors (Lipinski definition) is 4. The van der Waals surface area contributed by atoms with Crippen LogP contribution in [-0.4, -0.2) is 56.3 Å². The number of hydrogen-bond donors (Lipinski definition) is 0. The number of amides is 1. The third kappa shape index (κ3) is 5.17. The van der Waals surface area contributed by atoms with Gasteiger partial charge in [0.2, 0.25) is 15.9 Å². The van der Waals surface area contributed by atoms with E-state index in [1.807, 2.05) is 13.8 Å². The average Bonchev–Trinajstić information content (AvgIpc) is 2.74. The highest BCUT2D eigenvalue weighted by Crippen LogP contribution is 2.22. The third-order valence-corrected chi connectivity index (χ3v) is 7.09. The van der Waals surface area contributed by atoms with E-state index < -0.39 is 10.0 Å². The molecule has 0 aliphatic carbocycles. The first-order chi connectivity index (χ1) is 14.3. The third-order valence-electron chi connectivity index (χ3n) is 5.18. The monoisotopic (exact) mass is 434 g/mol. The number of nitrogens with zero attached hydrogens (tertiary/aromatic N) is 2. The fourth-order valence-electron chi connectivity index (χ4n) is 3.59. The van der Waals surface area contributed by atoms with E-state index in [0.717, 1.165) is 5.56 Å². The summed E-state index contributed by atoms with van der Waals surface area (Å²) in [7, 11) is -3.62. The maximum atomic E-state index is 13.4. The zero-order valence-corrected chi connectivity index (χ0v) is 18.1. The second-order valence-electron chi connectivity index (χ2n) is 7.37. The maximum Gasteiger partial charge on any atom is 0.243 e. The highest BCUT2D eigenvalue weighted by Gasteiger charge is 2.31. The van der Waals surface area contributed by atoms with Gasteiger partial charge in [0, 0.05) is 32.1 Å². The lowest BCUT2D eigenvalue weighted by molar-refractivity contribution is -0.136. The number of carbonyl (C=O) groups is 1. The standard InChI is InChI=1S/C22H27FN2O4S/c1-3-29-20-7-9-21(10-8-20)30(27,28)25-13-11-24(12-14-25)22(26)17(2)15-18-5-4-6-19(23)16-18/h4-10,16-17H,3,11-15H2,1-2H3. The molecule has 0 N–H and O–H groups in total. The van der Waals surface area contributed by atoms with Gasteiger partial charge in [-0.1, -0.05) is 19.1 Å². The number of ether oxygens (including phenoxy) is 1. The van der Waals surface area contributed by atoms with E-state index in [1.165, 1.54) is 16.4 Å².